The molecule has 19 heavy (non-hydrogen) atoms. The molecule has 1 saturated heterocycles. The van der Waals surface area contributed by atoms with Crippen molar-refractivity contribution in [2.45, 2.75) is 65.9 Å². The number of nitrogens with one attached hydrogen (secondary N) is 1. The van der Waals surface area contributed by atoms with Gasteiger partial charge in [0.05, 0.1) is 6.10 Å². The molecule has 2 rings (SSSR count). The predicted octanol–water partition coefficient (Wildman–Crippen LogP) is 3.85. The van der Waals surface area contributed by atoms with Crippen molar-refractivity contribution in [3.05, 3.63) is 0 Å². The summed E-state index contributed by atoms with van der Waals surface area (Å²) in [6.45, 7) is 12.6. The van der Waals surface area contributed by atoms with Crippen LogP contribution < -0.4 is 5.32 Å². The Morgan fingerprint density at radius 1 is 1.16 bits per heavy atom. The summed E-state index contributed by atoms with van der Waals surface area (Å²) in [7, 11) is 0. The van der Waals surface area contributed by atoms with Crippen molar-refractivity contribution in [3.8, 4) is 0 Å². The zero-order chi connectivity index (χ0) is 13.9. The van der Waals surface area contributed by atoms with Crippen molar-refractivity contribution in [1.29, 1.82) is 0 Å². The maximum Gasteiger partial charge on any atom is 0.0672 e. The fourth-order valence-corrected chi connectivity index (χ4v) is 3.47. The standard InChI is InChI=1S/C17H33NO/c1-13(2)7-8-17(12-18-11-14(3)4)9-10-19-16(17)15-5-6-15/h13-16,18H,5-12H2,1-4H3. The third kappa shape index (κ3) is 4.19. The smallest absolute Gasteiger partial charge is 0.0672 e. The van der Waals surface area contributed by atoms with E-state index in [1.54, 1.807) is 0 Å². The summed E-state index contributed by atoms with van der Waals surface area (Å²) in [5.74, 6) is 2.42. The van der Waals surface area contributed by atoms with Crippen LogP contribution in [0.1, 0.15) is 59.8 Å². The van der Waals surface area contributed by atoms with Crippen LogP contribution in [-0.2, 0) is 4.74 Å². The van der Waals surface area contributed by atoms with Crippen molar-refractivity contribution in [2.75, 3.05) is 19.7 Å². The molecular weight excluding hydrogens is 234 g/mol. The summed E-state index contributed by atoms with van der Waals surface area (Å²) in [6, 6.07) is 0. The van der Waals surface area contributed by atoms with Gasteiger partial charge < -0.3 is 10.1 Å². The summed E-state index contributed by atoms with van der Waals surface area (Å²) < 4.78 is 6.14. The molecule has 2 atom stereocenters. The molecule has 2 aliphatic rings. The minimum atomic E-state index is 0.431. The fraction of sp³-hybridized carbons (Fsp3) is 1.00. The van der Waals surface area contributed by atoms with E-state index in [-0.39, 0.29) is 0 Å². The first-order valence-corrected chi connectivity index (χ1v) is 8.36. The molecule has 1 heterocycles. The van der Waals surface area contributed by atoms with E-state index in [0.29, 0.717) is 11.5 Å². The molecule has 1 saturated carbocycles. The summed E-state index contributed by atoms with van der Waals surface area (Å²) in [4.78, 5) is 0. The largest absolute Gasteiger partial charge is 0.377 e. The summed E-state index contributed by atoms with van der Waals surface area (Å²) >= 11 is 0. The molecular formula is C17H33NO. The highest BCUT2D eigenvalue weighted by molar-refractivity contribution is 5.00. The van der Waals surface area contributed by atoms with Gasteiger partial charge in [0.1, 0.15) is 0 Å². The number of hydrogen-bond acceptors (Lipinski definition) is 2. The van der Waals surface area contributed by atoms with Crippen LogP contribution in [0.4, 0.5) is 0 Å². The highest BCUT2D eigenvalue weighted by Crippen LogP contribution is 2.50. The van der Waals surface area contributed by atoms with Crippen molar-refractivity contribution >= 4 is 0 Å². The zero-order valence-electron chi connectivity index (χ0n) is 13.4. The summed E-state index contributed by atoms with van der Waals surface area (Å²) in [5, 5.41) is 3.72. The van der Waals surface area contributed by atoms with E-state index in [1.165, 1.54) is 38.6 Å². The number of hydrogen-bond donors (Lipinski definition) is 1. The molecule has 0 aromatic heterocycles. The Hall–Kier alpha value is -0.0800. The van der Waals surface area contributed by atoms with Gasteiger partial charge in [0.15, 0.2) is 0 Å². The molecule has 2 nitrogen and oxygen atoms in total. The van der Waals surface area contributed by atoms with E-state index in [2.05, 4.69) is 33.0 Å². The maximum atomic E-state index is 6.14. The molecule has 1 aliphatic heterocycles. The van der Waals surface area contributed by atoms with Crippen molar-refractivity contribution in [1.82, 2.24) is 5.32 Å². The number of ether oxygens (including phenoxy) is 1. The monoisotopic (exact) mass is 267 g/mol. The van der Waals surface area contributed by atoms with Crippen molar-refractivity contribution in [3.63, 3.8) is 0 Å². The van der Waals surface area contributed by atoms with Gasteiger partial charge in [-0.2, -0.15) is 0 Å². The fourth-order valence-electron chi connectivity index (χ4n) is 3.47. The molecule has 1 N–H and O–H groups in total. The van der Waals surface area contributed by atoms with Gasteiger partial charge in [-0.3, -0.25) is 0 Å². The molecule has 2 heteroatoms. The second-order valence-electron chi connectivity index (χ2n) is 7.70. The average Bonchev–Trinajstić information content (AvgIpc) is 3.09. The van der Waals surface area contributed by atoms with Gasteiger partial charge in [0.2, 0.25) is 0 Å². The van der Waals surface area contributed by atoms with Crippen LogP contribution in [0.15, 0.2) is 0 Å². The molecule has 0 radical (unpaired) electrons. The summed E-state index contributed by atoms with van der Waals surface area (Å²) in [6.07, 6.45) is 7.31. The molecule has 0 aromatic carbocycles. The van der Waals surface area contributed by atoms with Gasteiger partial charge in [-0.05, 0) is 50.0 Å². The molecule has 0 aromatic rings. The lowest BCUT2D eigenvalue weighted by Crippen LogP contribution is -2.43. The Bertz CT molecular complexity index is 272. The Labute approximate surface area is 119 Å². The second kappa shape index (κ2) is 6.58. The SMILES string of the molecule is CC(C)CCC1(CNCC(C)C)CCOC1C1CC1. The van der Waals surface area contributed by atoms with Crippen molar-refractivity contribution in [2.24, 2.45) is 23.2 Å². The van der Waals surface area contributed by atoms with Gasteiger partial charge in [-0.25, -0.2) is 0 Å². The van der Waals surface area contributed by atoms with Gasteiger partial charge in [-0.1, -0.05) is 34.1 Å². The molecule has 1 aliphatic carbocycles. The first kappa shape index (κ1) is 15.3. The van der Waals surface area contributed by atoms with E-state index in [0.717, 1.165) is 30.9 Å². The lowest BCUT2D eigenvalue weighted by atomic mass is 9.74. The van der Waals surface area contributed by atoms with Crippen LogP contribution in [0.25, 0.3) is 0 Å². The van der Waals surface area contributed by atoms with Crippen LogP contribution in [0.5, 0.6) is 0 Å². The van der Waals surface area contributed by atoms with E-state index >= 15 is 0 Å². The zero-order valence-corrected chi connectivity index (χ0v) is 13.4. The number of rotatable bonds is 8. The first-order chi connectivity index (χ1) is 9.03. The normalized spacial score (nSPS) is 31.6. The van der Waals surface area contributed by atoms with Gasteiger partial charge in [0, 0.05) is 18.6 Å². The topological polar surface area (TPSA) is 21.3 Å². The molecule has 0 spiro atoms. The Kier molecular flexibility index (Phi) is 5.30. The molecule has 2 unspecified atom stereocenters. The Morgan fingerprint density at radius 3 is 2.47 bits per heavy atom. The highest BCUT2D eigenvalue weighted by Gasteiger charge is 2.50. The van der Waals surface area contributed by atoms with E-state index in [1.807, 2.05) is 0 Å². The van der Waals surface area contributed by atoms with Crippen LogP contribution in [0.3, 0.4) is 0 Å². The average molecular weight is 267 g/mol. The minimum absolute atomic E-state index is 0.431. The predicted molar refractivity (Wildman–Crippen MR) is 81.3 cm³/mol. The third-order valence-corrected chi connectivity index (χ3v) is 4.80. The van der Waals surface area contributed by atoms with Gasteiger partial charge in [-0.15, -0.1) is 0 Å². The molecule has 0 amide bonds. The molecule has 112 valence electrons. The second-order valence-corrected chi connectivity index (χ2v) is 7.70. The van der Waals surface area contributed by atoms with Gasteiger partial charge >= 0.3 is 0 Å². The van der Waals surface area contributed by atoms with Gasteiger partial charge in [0.25, 0.3) is 0 Å². The Morgan fingerprint density at radius 2 is 1.89 bits per heavy atom. The van der Waals surface area contributed by atoms with E-state index < -0.39 is 0 Å². The lowest BCUT2D eigenvalue weighted by Gasteiger charge is -2.35. The first-order valence-electron chi connectivity index (χ1n) is 8.36. The lowest BCUT2D eigenvalue weighted by molar-refractivity contribution is 0.0239. The summed E-state index contributed by atoms with van der Waals surface area (Å²) in [5.41, 5.74) is 0.431. The van der Waals surface area contributed by atoms with Crippen LogP contribution in [-0.4, -0.2) is 25.8 Å². The quantitative estimate of drug-likeness (QED) is 0.721. The molecule has 2 fully saturated rings. The van der Waals surface area contributed by atoms with Crippen LogP contribution in [0.2, 0.25) is 0 Å². The highest BCUT2D eigenvalue weighted by atomic mass is 16.5. The van der Waals surface area contributed by atoms with Crippen LogP contribution in [0, 0.1) is 23.2 Å². The van der Waals surface area contributed by atoms with Crippen molar-refractivity contribution < 1.29 is 4.74 Å². The molecule has 0 bridgehead atoms. The Balaban J connectivity index is 1.94. The van der Waals surface area contributed by atoms with E-state index in [4.69, 9.17) is 4.74 Å². The maximum absolute atomic E-state index is 6.14. The minimum Gasteiger partial charge on any atom is -0.377 e. The third-order valence-electron chi connectivity index (χ3n) is 4.80. The van der Waals surface area contributed by atoms with Crippen LogP contribution >= 0.6 is 0 Å². The van der Waals surface area contributed by atoms with E-state index in [9.17, 15) is 0 Å².